The van der Waals surface area contributed by atoms with Crippen LogP contribution in [-0.4, -0.2) is 27.3 Å². The zero-order valence-corrected chi connectivity index (χ0v) is 17.9. The molecule has 8 heteroatoms. The molecule has 0 amide bonds. The average Bonchev–Trinajstić information content (AvgIpc) is 2.82. The molecule has 0 aliphatic carbocycles. The maximum absolute atomic E-state index is 12.7. The Morgan fingerprint density at radius 1 is 0.788 bits per heavy atom. The highest BCUT2D eigenvalue weighted by atomic mass is 19.4. The summed E-state index contributed by atoms with van der Waals surface area (Å²) >= 11 is 0. The fourth-order valence-corrected chi connectivity index (χ4v) is 2.97. The van der Waals surface area contributed by atoms with Crippen molar-refractivity contribution in [3.8, 4) is 46.0 Å². The van der Waals surface area contributed by atoms with Gasteiger partial charge in [0.25, 0.3) is 0 Å². The summed E-state index contributed by atoms with van der Waals surface area (Å²) in [6, 6.07) is 14.5. The molecule has 0 spiro atoms. The molecule has 0 saturated carbocycles. The topological polar surface area (TPSA) is 54.0 Å². The molecule has 0 aliphatic heterocycles. The van der Waals surface area contributed by atoms with Crippen LogP contribution < -0.4 is 18.9 Å². The van der Waals surface area contributed by atoms with Gasteiger partial charge >= 0.3 is 12.1 Å². The Bertz CT molecular complexity index is 1160. The molecule has 0 N–H and O–H groups in total. The number of esters is 1. The van der Waals surface area contributed by atoms with Crippen LogP contribution in [0, 0.1) is 11.8 Å². The first-order valence-corrected chi connectivity index (χ1v) is 9.56. The van der Waals surface area contributed by atoms with E-state index in [1.807, 2.05) is 0 Å². The fourth-order valence-electron chi connectivity index (χ4n) is 2.97. The van der Waals surface area contributed by atoms with Gasteiger partial charge in [-0.3, -0.25) is 0 Å². The number of ether oxygens (including phenoxy) is 4. The minimum Gasteiger partial charge on any atom is -0.493 e. The lowest BCUT2D eigenvalue weighted by Gasteiger charge is -2.13. The highest BCUT2D eigenvalue weighted by molar-refractivity contribution is 5.91. The normalized spacial score (nSPS) is 10.6. The molecule has 0 aliphatic rings. The Hall–Kier alpha value is -4.12. The Kier molecular flexibility index (Phi) is 7.13. The zero-order valence-electron chi connectivity index (χ0n) is 17.9. The van der Waals surface area contributed by atoms with Gasteiger partial charge in [-0.05, 0) is 35.4 Å². The van der Waals surface area contributed by atoms with Gasteiger partial charge in [-0.1, -0.05) is 30.2 Å². The summed E-state index contributed by atoms with van der Waals surface area (Å²) in [6.07, 6.45) is -4.38. The Morgan fingerprint density at radius 2 is 1.30 bits per heavy atom. The molecule has 3 aromatic carbocycles. The van der Waals surface area contributed by atoms with Crippen molar-refractivity contribution in [2.45, 2.75) is 6.18 Å². The van der Waals surface area contributed by atoms with E-state index in [9.17, 15) is 18.0 Å². The number of benzene rings is 3. The first-order valence-electron chi connectivity index (χ1n) is 9.56. The van der Waals surface area contributed by atoms with E-state index in [0.29, 0.717) is 33.9 Å². The minimum atomic E-state index is -4.38. The molecule has 0 radical (unpaired) electrons. The third kappa shape index (κ3) is 5.77. The van der Waals surface area contributed by atoms with Gasteiger partial charge in [0.2, 0.25) is 5.75 Å². The van der Waals surface area contributed by atoms with Gasteiger partial charge in [0.15, 0.2) is 11.5 Å². The number of rotatable bonds is 5. The van der Waals surface area contributed by atoms with Crippen molar-refractivity contribution in [1.29, 1.82) is 0 Å². The summed E-state index contributed by atoms with van der Waals surface area (Å²) in [5.41, 5.74) is 1.17. The molecule has 33 heavy (non-hydrogen) atoms. The second-order valence-electron chi connectivity index (χ2n) is 6.65. The molecule has 3 rings (SSSR count). The monoisotopic (exact) mass is 456 g/mol. The van der Waals surface area contributed by atoms with Gasteiger partial charge in [-0.2, -0.15) is 13.2 Å². The van der Waals surface area contributed by atoms with Gasteiger partial charge in [0.1, 0.15) is 5.75 Å². The van der Waals surface area contributed by atoms with Crippen LogP contribution in [0.25, 0.3) is 11.1 Å². The maximum atomic E-state index is 12.7. The van der Waals surface area contributed by atoms with Crippen molar-refractivity contribution in [2.75, 3.05) is 21.3 Å². The van der Waals surface area contributed by atoms with Gasteiger partial charge in [-0.15, -0.1) is 0 Å². The predicted octanol–water partition coefficient (Wildman–Crippen LogP) is 5.36. The van der Waals surface area contributed by atoms with Crippen LogP contribution in [0.4, 0.5) is 13.2 Å². The Balaban J connectivity index is 1.71. The third-order valence-electron chi connectivity index (χ3n) is 4.59. The number of carbonyl (C=O) groups excluding carboxylic acids is 1. The molecule has 5 nitrogen and oxygen atoms in total. The summed E-state index contributed by atoms with van der Waals surface area (Å²) in [5, 5.41) is 0. The lowest BCUT2D eigenvalue weighted by atomic mass is 10.0. The quantitative estimate of drug-likeness (QED) is 0.294. The van der Waals surface area contributed by atoms with Crippen LogP contribution in [0.3, 0.4) is 0 Å². The van der Waals surface area contributed by atoms with Crippen LogP contribution in [-0.2, 0) is 11.0 Å². The van der Waals surface area contributed by atoms with Gasteiger partial charge in [-0.25, -0.2) is 4.79 Å². The molecule has 170 valence electrons. The molecule has 0 aromatic heterocycles. The maximum Gasteiger partial charge on any atom is 0.416 e. The smallest absolute Gasteiger partial charge is 0.416 e. The van der Waals surface area contributed by atoms with E-state index in [4.69, 9.17) is 18.9 Å². The second-order valence-corrected chi connectivity index (χ2v) is 6.65. The van der Waals surface area contributed by atoms with Crippen molar-refractivity contribution in [3.05, 3.63) is 71.8 Å². The van der Waals surface area contributed by atoms with E-state index in [-0.39, 0.29) is 5.75 Å². The predicted molar refractivity (Wildman–Crippen MR) is 115 cm³/mol. The lowest BCUT2D eigenvalue weighted by molar-refractivity contribution is -0.137. The molecule has 0 atom stereocenters. The summed E-state index contributed by atoms with van der Waals surface area (Å²) in [7, 11) is 4.34. The first-order chi connectivity index (χ1) is 15.7. The molecule has 3 aromatic rings. The molecule has 0 heterocycles. The van der Waals surface area contributed by atoms with E-state index in [0.717, 1.165) is 12.1 Å². The van der Waals surface area contributed by atoms with E-state index in [1.165, 1.54) is 45.6 Å². The number of halogens is 3. The summed E-state index contributed by atoms with van der Waals surface area (Å²) in [4.78, 5) is 12.1. The standard InChI is InChI=1S/C25H19F3O5/c1-30-21-14-20(15-22(31-2)24(21)32-3)33-23(29)13-6-16-4-7-17(8-5-16)18-9-11-19(12-10-18)25(26,27)28/h4-5,7-12,14-15H,1-3H3. The summed E-state index contributed by atoms with van der Waals surface area (Å²) < 4.78 is 59.0. The summed E-state index contributed by atoms with van der Waals surface area (Å²) in [6.45, 7) is 0. The number of alkyl halides is 3. The van der Waals surface area contributed by atoms with Crippen LogP contribution in [0.5, 0.6) is 23.0 Å². The van der Waals surface area contributed by atoms with E-state index < -0.39 is 17.7 Å². The van der Waals surface area contributed by atoms with Crippen LogP contribution in [0.2, 0.25) is 0 Å². The first kappa shape index (κ1) is 23.5. The lowest BCUT2D eigenvalue weighted by Crippen LogP contribution is -2.05. The van der Waals surface area contributed by atoms with Crippen molar-refractivity contribution in [3.63, 3.8) is 0 Å². The molecular formula is C25H19F3O5. The number of hydrogen-bond acceptors (Lipinski definition) is 5. The minimum absolute atomic E-state index is 0.168. The van der Waals surface area contributed by atoms with E-state index in [2.05, 4.69) is 11.8 Å². The molecule has 0 unspecified atom stereocenters. The summed E-state index contributed by atoms with van der Waals surface area (Å²) in [5.74, 6) is 5.46. The van der Waals surface area contributed by atoms with Gasteiger partial charge in [0, 0.05) is 23.6 Å². The largest absolute Gasteiger partial charge is 0.493 e. The highest BCUT2D eigenvalue weighted by Gasteiger charge is 2.29. The van der Waals surface area contributed by atoms with Crippen LogP contribution >= 0.6 is 0 Å². The average molecular weight is 456 g/mol. The van der Waals surface area contributed by atoms with Crippen LogP contribution in [0.1, 0.15) is 11.1 Å². The molecule has 0 saturated heterocycles. The molecular weight excluding hydrogens is 437 g/mol. The Labute approximate surface area is 188 Å². The van der Waals surface area contributed by atoms with Crippen molar-refractivity contribution < 1.29 is 36.9 Å². The molecule has 0 bridgehead atoms. The number of carbonyl (C=O) groups is 1. The molecule has 0 fully saturated rings. The SMILES string of the molecule is COc1cc(OC(=O)C#Cc2ccc(-c3ccc(C(F)(F)F)cc3)cc2)cc(OC)c1OC. The second kappa shape index (κ2) is 10.0. The highest BCUT2D eigenvalue weighted by Crippen LogP contribution is 2.40. The van der Waals surface area contributed by atoms with Crippen molar-refractivity contribution >= 4 is 5.97 Å². The fraction of sp³-hybridized carbons (Fsp3) is 0.160. The van der Waals surface area contributed by atoms with Gasteiger partial charge in [0.05, 0.1) is 26.9 Å². The number of methoxy groups -OCH3 is 3. The third-order valence-corrected chi connectivity index (χ3v) is 4.59. The van der Waals surface area contributed by atoms with Crippen molar-refractivity contribution in [1.82, 2.24) is 0 Å². The zero-order chi connectivity index (χ0) is 24.0. The Morgan fingerprint density at radius 3 is 1.76 bits per heavy atom. The van der Waals surface area contributed by atoms with E-state index in [1.54, 1.807) is 24.3 Å². The van der Waals surface area contributed by atoms with E-state index >= 15 is 0 Å². The van der Waals surface area contributed by atoms with Crippen LogP contribution in [0.15, 0.2) is 60.7 Å². The number of hydrogen-bond donors (Lipinski definition) is 0. The van der Waals surface area contributed by atoms with Gasteiger partial charge < -0.3 is 18.9 Å². The van der Waals surface area contributed by atoms with Crippen molar-refractivity contribution in [2.24, 2.45) is 0 Å².